The summed E-state index contributed by atoms with van der Waals surface area (Å²) in [6, 6.07) is 14.8. The summed E-state index contributed by atoms with van der Waals surface area (Å²) in [5.74, 6) is 2.01. The standard InChI is InChI=1S/C19H23NO4/c1-4-18(14-5-7-15(22-2)8-6-14)20-19(21)13-24-17-11-9-16(23-3)10-12-17/h5-12,18H,4,13H2,1-3H3,(H,20,21)/t18-/m0/s1. The van der Waals surface area contributed by atoms with Gasteiger partial charge in [0.1, 0.15) is 17.2 Å². The van der Waals surface area contributed by atoms with Gasteiger partial charge in [-0.15, -0.1) is 0 Å². The van der Waals surface area contributed by atoms with Gasteiger partial charge < -0.3 is 19.5 Å². The minimum Gasteiger partial charge on any atom is -0.497 e. The van der Waals surface area contributed by atoms with Crippen LogP contribution in [-0.4, -0.2) is 26.7 Å². The number of nitrogens with one attached hydrogen (secondary N) is 1. The van der Waals surface area contributed by atoms with Crippen LogP contribution >= 0.6 is 0 Å². The molecular formula is C19H23NO4. The number of ether oxygens (including phenoxy) is 3. The van der Waals surface area contributed by atoms with Crippen LogP contribution in [0.4, 0.5) is 0 Å². The molecule has 24 heavy (non-hydrogen) atoms. The van der Waals surface area contributed by atoms with Crippen LogP contribution in [0, 0.1) is 0 Å². The number of methoxy groups -OCH3 is 2. The molecule has 1 N–H and O–H groups in total. The molecule has 0 saturated heterocycles. The molecule has 128 valence electrons. The average molecular weight is 329 g/mol. The molecule has 1 amide bonds. The van der Waals surface area contributed by atoms with Crippen molar-refractivity contribution < 1.29 is 19.0 Å². The molecule has 0 spiro atoms. The quantitative estimate of drug-likeness (QED) is 0.807. The zero-order valence-electron chi connectivity index (χ0n) is 14.2. The maximum Gasteiger partial charge on any atom is 0.258 e. The largest absolute Gasteiger partial charge is 0.497 e. The maximum atomic E-state index is 12.1. The van der Waals surface area contributed by atoms with Crippen LogP contribution in [0.3, 0.4) is 0 Å². The lowest BCUT2D eigenvalue weighted by Gasteiger charge is -2.18. The molecule has 0 saturated carbocycles. The molecule has 0 radical (unpaired) electrons. The van der Waals surface area contributed by atoms with Gasteiger partial charge in [0.15, 0.2) is 6.61 Å². The molecule has 5 heteroatoms. The first-order valence-electron chi connectivity index (χ1n) is 7.86. The fraction of sp³-hybridized carbons (Fsp3) is 0.316. The van der Waals surface area contributed by atoms with E-state index in [4.69, 9.17) is 14.2 Å². The van der Waals surface area contributed by atoms with Gasteiger partial charge in [-0.05, 0) is 48.4 Å². The number of hydrogen-bond donors (Lipinski definition) is 1. The average Bonchev–Trinajstić information content (AvgIpc) is 2.65. The number of hydrogen-bond acceptors (Lipinski definition) is 4. The first kappa shape index (κ1) is 17.7. The SMILES string of the molecule is CC[C@H](NC(=O)COc1ccc(OC)cc1)c1ccc(OC)cc1. The molecule has 0 aliphatic heterocycles. The molecule has 0 heterocycles. The monoisotopic (exact) mass is 329 g/mol. The van der Waals surface area contributed by atoms with Gasteiger partial charge in [0.05, 0.1) is 20.3 Å². The summed E-state index contributed by atoms with van der Waals surface area (Å²) in [6.45, 7) is 2.00. The molecule has 2 rings (SSSR count). The summed E-state index contributed by atoms with van der Waals surface area (Å²) < 4.78 is 15.7. The van der Waals surface area contributed by atoms with Gasteiger partial charge in [-0.1, -0.05) is 19.1 Å². The van der Waals surface area contributed by atoms with Crippen LogP contribution in [0.25, 0.3) is 0 Å². The molecule has 0 fully saturated rings. The third-order valence-electron chi connectivity index (χ3n) is 3.69. The van der Waals surface area contributed by atoms with E-state index in [0.717, 1.165) is 23.5 Å². The summed E-state index contributed by atoms with van der Waals surface area (Å²) in [5, 5.41) is 2.98. The molecule has 0 aliphatic carbocycles. The first-order valence-corrected chi connectivity index (χ1v) is 7.86. The Kier molecular flexibility index (Phi) is 6.49. The summed E-state index contributed by atoms with van der Waals surface area (Å²) in [6.07, 6.45) is 0.792. The van der Waals surface area contributed by atoms with Crippen LogP contribution in [0.2, 0.25) is 0 Å². The molecular weight excluding hydrogens is 306 g/mol. The van der Waals surface area contributed by atoms with Crippen LogP contribution in [-0.2, 0) is 4.79 Å². The van der Waals surface area contributed by atoms with Crippen molar-refractivity contribution in [3.8, 4) is 17.2 Å². The lowest BCUT2D eigenvalue weighted by atomic mass is 10.0. The van der Waals surface area contributed by atoms with Gasteiger partial charge in [-0.3, -0.25) is 4.79 Å². The van der Waals surface area contributed by atoms with Gasteiger partial charge in [0.25, 0.3) is 5.91 Å². The third-order valence-corrected chi connectivity index (χ3v) is 3.69. The van der Waals surface area contributed by atoms with E-state index in [9.17, 15) is 4.79 Å². The third kappa shape index (κ3) is 4.91. The Bertz CT molecular complexity index is 637. The zero-order chi connectivity index (χ0) is 17.4. The Morgan fingerprint density at radius 3 is 1.92 bits per heavy atom. The fourth-order valence-corrected chi connectivity index (χ4v) is 2.31. The van der Waals surface area contributed by atoms with Crippen molar-refractivity contribution in [2.75, 3.05) is 20.8 Å². The highest BCUT2D eigenvalue weighted by molar-refractivity contribution is 5.78. The minimum absolute atomic E-state index is 0.0288. The van der Waals surface area contributed by atoms with Gasteiger partial charge in [-0.25, -0.2) is 0 Å². The predicted molar refractivity (Wildman–Crippen MR) is 92.7 cm³/mol. The molecule has 0 unspecified atom stereocenters. The fourth-order valence-electron chi connectivity index (χ4n) is 2.31. The topological polar surface area (TPSA) is 56.8 Å². The van der Waals surface area contributed by atoms with Crippen molar-refractivity contribution >= 4 is 5.91 Å². The molecule has 1 atom stereocenters. The first-order chi connectivity index (χ1) is 11.7. The van der Waals surface area contributed by atoms with E-state index in [1.807, 2.05) is 31.2 Å². The lowest BCUT2D eigenvalue weighted by Crippen LogP contribution is -2.32. The lowest BCUT2D eigenvalue weighted by molar-refractivity contribution is -0.123. The van der Waals surface area contributed by atoms with E-state index in [1.165, 1.54) is 0 Å². The second kappa shape index (κ2) is 8.82. The summed E-state index contributed by atoms with van der Waals surface area (Å²) in [5.41, 5.74) is 1.04. The summed E-state index contributed by atoms with van der Waals surface area (Å²) >= 11 is 0. The smallest absolute Gasteiger partial charge is 0.258 e. The van der Waals surface area contributed by atoms with E-state index in [-0.39, 0.29) is 18.6 Å². The van der Waals surface area contributed by atoms with E-state index < -0.39 is 0 Å². The van der Waals surface area contributed by atoms with Gasteiger partial charge >= 0.3 is 0 Å². The van der Waals surface area contributed by atoms with Crippen molar-refractivity contribution in [2.45, 2.75) is 19.4 Å². The van der Waals surface area contributed by atoms with Crippen LogP contribution in [0.5, 0.6) is 17.2 Å². The van der Waals surface area contributed by atoms with E-state index in [1.54, 1.807) is 38.5 Å². The van der Waals surface area contributed by atoms with Crippen LogP contribution in [0.1, 0.15) is 24.9 Å². The number of rotatable bonds is 8. The van der Waals surface area contributed by atoms with E-state index in [0.29, 0.717) is 5.75 Å². The van der Waals surface area contributed by atoms with E-state index >= 15 is 0 Å². The maximum absolute atomic E-state index is 12.1. The van der Waals surface area contributed by atoms with E-state index in [2.05, 4.69) is 5.32 Å². The second-order valence-electron chi connectivity index (χ2n) is 5.27. The Labute approximate surface area is 142 Å². The van der Waals surface area contributed by atoms with Crippen molar-refractivity contribution in [2.24, 2.45) is 0 Å². The highest BCUT2D eigenvalue weighted by Gasteiger charge is 2.13. The number of carbonyl (C=O) groups is 1. The van der Waals surface area contributed by atoms with Crippen molar-refractivity contribution in [1.29, 1.82) is 0 Å². The Balaban J connectivity index is 1.88. The van der Waals surface area contributed by atoms with Crippen molar-refractivity contribution in [1.82, 2.24) is 5.32 Å². The van der Waals surface area contributed by atoms with Crippen LogP contribution in [0.15, 0.2) is 48.5 Å². The van der Waals surface area contributed by atoms with Gasteiger partial charge in [-0.2, -0.15) is 0 Å². The second-order valence-corrected chi connectivity index (χ2v) is 5.27. The number of amides is 1. The van der Waals surface area contributed by atoms with Gasteiger partial charge in [0, 0.05) is 0 Å². The molecule has 0 aromatic heterocycles. The Hall–Kier alpha value is -2.69. The summed E-state index contributed by atoms with van der Waals surface area (Å²) in [7, 11) is 3.23. The highest BCUT2D eigenvalue weighted by atomic mass is 16.5. The molecule has 0 aliphatic rings. The molecule has 5 nitrogen and oxygen atoms in total. The zero-order valence-corrected chi connectivity index (χ0v) is 14.2. The van der Waals surface area contributed by atoms with Crippen molar-refractivity contribution in [3.63, 3.8) is 0 Å². The molecule has 0 bridgehead atoms. The molecule has 2 aromatic carbocycles. The van der Waals surface area contributed by atoms with Crippen molar-refractivity contribution in [3.05, 3.63) is 54.1 Å². The number of benzene rings is 2. The number of carbonyl (C=O) groups excluding carboxylic acids is 1. The van der Waals surface area contributed by atoms with Gasteiger partial charge in [0.2, 0.25) is 0 Å². The normalized spacial score (nSPS) is 11.5. The highest BCUT2D eigenvalue weighted by Crippen LogP contribution is 2.20. The predicted octanol–water partition coefficient (Wildman–Crippen LogP) is 3.35. The summed E-state index contributed by atoms with van der Waals surface area (Å²) in [4.78, 5) is 12.1. The minimum atomic E-state index is -0.159. The Morgan fingerprint density at radius 2 is 1.42 bits per heavy atom. The Morgan fingerprint density at radius 1 is 0.917 bits per heavy atom. The van der Waals surface area contributed by atoms with Crippen LogP contribution < -0.4 is 19.5 Å². The molecule has 2 aromatic rings.